The van der Waals surface area contributed by atoms with Crippen molar-refractivity contribution >= 4 is 35.4 Å². The Morgan fingerprint density at radius 3 is 1.95 bits per heavy atom. The van der Waals surface area contributed by atoms with Gasteiger partial charge in [0.25, 0.3) is 5.91 Å². The van der Waals surface area contributed by atoms with Crippen molar-refractivity contribution in [3.05, 3.63) is 29.8 Å². The second-order valence-electron chi connectivity index (χ2n) is 12.3. The van der Waals surface area contributed by atoms with Crippen LogP contribution in [0.5, 0.6) is 5.75 Å². The van der Waals surface area contributed by atoms with E-state index >= 15 is 0 Å². The van der Waals surface area contributed by atoms with Crippen molar-refractivity contribution in [2.45, 2.75) is 104 Å². The maximum Gasteiger partial charge on any atom is 0.255 e. The van der Waals surface area contributed by atoms with Crippen LogP contribution >= 0.6 is 11.8 Å². The molecule has 43 heavy (non-hydrogen) atoms. The highest BCUT2D eigenvalue weighted by Gasteiger charge is 2.31. The monoisotopic (exact) mass is 622 g/mol. The van der Waals surface area contributed by atoms with E-state index in [0.717, 1.165) is 0 Å². The molecule has 10 nitrogen and oxygen atoms in total. The fourth-order valence-electron chi connectivity index (χ4n) is 4.71. The van der Waals surface area contributed by atoms with E-state index in [4.69, 9.17) is 4.74 Å². The van der Waals surface area contributed by atoms with Gasteiger partial charge in [0.2, 0.25) is 17.7 Å². The number of nitrogens with one attached hydrogen (secondary N) is 4. The molecule has 0 aliphatic rings. The van der Waals surface area contributed by atoms with E-state index in [1.165, 1.54) is 7.11 Å². The number of ether oxygens (including phenoxy) is 1. The summed E-state index contributed by atoms with van der Waals surface area (Å²) < 4.78 is 5.30. The van der Waals surface area contributed by atoms with Gasteiger partial charge in [-0.1, -0.05) is 46.8 Å². The van der Waals surface area contributed by atoms with Crippen molar-refractivity contribution in [1.82, 2.24) is 21.3 Å². The SMILES string of the molecule is COc1ccccc1C(=O)N[C@@H](CCSC)C(=O)N[C@@H](CC(C)C)[C@@H](O)C[C@@H](C)C(=O)N[C@@H](CC(C)C)C(=O)NC(C)C. The van der Waals surface area contributed by atoms with Crippen LogP contribution in [0.1, 0.15) is 84.5 Å². The van der Waals surface area contributed by atoms with Crippen molar-refractivity contribution in [3.8, 4) is 5.75 Å². The lowest BCUT2D eigenvalue weighted by atomic mass is 9.91. The number of carbonyl (C=O) groups is 4. The van der Waals surface area contributed by atoms with E-state index < -0.39 is 42.0 Å². The molecular formula is C32H54N4O6S. The standard InChI is InChI=1S/C32H54N4O6S/c1-19(2)16-25(27(37)18-22(7)29(38)36-26(17-20(3)4)32(41)33-21(5)6)35-31(40)24(14-15-43-9)34-30(39)23-12-10-11-13-28(23)42-8/h10-13,19-22,24-27,37H,14-18H2,1-9H3,(H,33,41)(H,34,39)(H,35,40)(H,36,38)/t22-,24+,25+,26+,27+/m1/s1. The summed E-state index contributed by atoms with van der Waals surface area (Å²) in [4.78, 5) is 52.4. The first-order valence-corrected chi connectivity index (χ1v) is 16.6. The third-order valence-corrected chi connectivity index (χ3v) is 7.56. The summed E-state index contributed by atoms with van der Waals surface area (Å²) in [6.07, 6.45) is 2.35. The lowest BCUT2D eigenvalue weighted by Gasteiger charge is -2.30. The number of thioether (sulfide) groups is 1. The molecule has 11 heteroatoms. The van der Waals surface area contributed by atoms with Gasteiger partial charge in [-0.2, -0.15) is 11.8 Å². The van der Waals surface area contributed by atoms with Crippen molar-refractivity contribution in [1.29, 1.82) is 0 Å². The molecule has 0 fully saturated rings. The van der Waals surface area contributed by atoms with Crippen LogP contribution in [-0.4, -0.2) is 78.1 Å². The zero-order valence-electron chi connectivity index (χ0n) is 27.4. The number of rotatable bonds is 19. The molecular weight excluding hydrogens is 568 g/mol. The molecule has 0 aliphatic heterocycles. The fourth-order valence-corrected chi connectivity index (χ4v) is 5.18. The van der Waals surface area contributed by atoms with Gasteiger partial charge in [-0.05, 0) is 75.5 Å². The van der Waals surface area contributed by atoms with Crippen molar-refractivity contribution in [2.24, 2.45) is 17.8 Å². The summed E-state index contributed by atoms with van der Waals surface area (Å²) in [5, 5.41) is 22.7. The zero-order valence-corrected chi connectivity index (χ0v) is 28.2. The quantitative estimate of drug-likeness (QED) is 0.159. The van der Waals surface area contributed by atoms with Crippen LogP contribution in [0.25, 0.3) is 0 Å². The number of para-hydroxylation sites is 1. The van der Waals surface area contributed by atoms with E-state index in [1.54, 1.807) is 43.0 Å². The molecule has 0 bridgehead atoms. The number of amides is 4. The number of methoxy groups -OCH3 is 1. The molecule has 0 unspecified atom stereocenters. The Balaban J connectivity index is 3.02. The summed E-state index contributed by atoms with van der Waals surface area (Å²) in [5.74, 6) is -0.627. The molecule has 5 atom stereocenters. The summed E-state index contributed by atoms with van der Waals surface area (Å²) in [7, 11) is 1.48. The Morgan fingerprint density at radius 1 is 0.791 bits per heavy atom. The number of hydrogen-bond donors (Lipinski definition) is 5. The summed E-state index contributed by atoms with van der Waals surface area (Å²) in [6.45, 7) is 13.4. The Kier molecular flexibility index (Phi) is 17.3. The van der Waals surface area contributed by atoms with E-state index in [0.29, 0.717) is 36.3 Å². The third-order valence-electron chi connectivity index (χ3n) is 6.92. The molecule has 0 spiro atoms. The first-order chi connectivity index (χ1) is 20.2. The molecule has 0 saturated carbocycles. The predicted octanol–water partition coefficient (Wildman–Crippen LogP) is 3.52. The van der Waals surface area contributed by atoms with Crippen LogP contribution in [0.15, 0.2) is 24.3 Å². The smallest absolute Gasteiger partial charge is 0.255 e. The van der Waals surface area contributed by atoms with Crippen LogP contribution in [0.4, 0.5) is 0 Å². The molecule has 1 rings (SSSR count). The molecule has 4 amide bonds. The molecule has 1 aromatic rings. The van der Waals surface area contributed by atoms with Gasteiger partial charge in [-0.25, -0.2) is 0 Å². The topological polar surface area (TPSA) is 146 Å². The van der Waals surface area contributed by atoms with Gasteiger partial charge >= 0.3 is 0 Å². The highest BCUT2D eigenvalue weighted by Crippen LogP contribution is 2.19. The summed E-state index contributed by atoms with van der Waals surface area (Å²) in [5.41, 5.74) is 0.323. The maximum atomic E-state index is 13.5. The molecule has 0 aliphatic carbocycles. The van der Waals surface area contributed by atoms with Gasteiger partial charge < -0.3 is 31.1 Å². The molecule has 244 valence electrons. The Hall–Kier alpha value is -2.79. The lowest BCUT2D eigenvalue weighted by molar-refractivity contribution is -0.132. The average molecular weight is 623 g/mol. The average Bonchev–Trinajstić information content (AvgIpc) is 2.93. The highest BCUT2D eigenvalue weighted by molar-refractivity contribution is 7.98. The van der Waals surface area contributed by atoms with Gasteiger partial charge in [0.05, 0.1) is 24.8 Å². The number of aliphatic hydroxyl groups excluding tert-OH is 1. The lowest BCUT2D eigenvalue weighted by Crippen LogP contribution is -2.54. The highest BCUT2D eigenvalue weighted by atomic mass is 32.2. The molecule has 0 radical (unpaired) electrons. The summed E-state index contributed by atoms with van der Waals surface area (Å²) in [6, 6.07) is 4.60. The van der Waals surface area contributed by atoms with Gasteiger partial charge in [0.15, 0.2) is 0 Å². The number of aliphatic hydroxyl groups is 1. The third kappa shape index (κ3) is 14.0. The molecule has 1 aromatic carbocycles. The minimum atomic E-state index is -1.02. The predicted molar refractivity (Wildman–Crippen MR) is 173 cm³/mol. The first-order valence-electron chi connectivity index (χ1n) is 15.2. The second-order valence-corrected chi connectivity index (χ2v) is 13.3. The van der Waals surface area contributed by atoms with Crippen molar-refractivity contribution < 1.29 is 29.0 Å². The Morgan fingerprint density at radius 2 is 1.40 bits per heavy atom. The number of carbonyl (C=O) groups excluding carboxylic acids is 4. The zero-order chi connectivity index (χ0) is 32.7. The van der Waals surface area contributed by atoms with Gasteiger partial charge in [0.1, 0.15) is 17.8 Å². The van der Waals surface area contributed by atoms with Crippen LogP contribution in [-0.2, 0) is 14.4 Å². The Labute approximate surface area is 262 Å². The molecule has 0 heterocycles. The first kappa shape index (κ1) is 38.2. The Bertz CT molecular complexity index is 1030. The van der Waals surface area contributed by atoms with Crippen LogP contribution < -0.4 is 26.0 Å². The maximum absolute atomic E-state index is 13.5. The minimum Gasteiger partial charge on any atom is -0.496 e. The van der Waals surface area contributed by atoms with Crippen molar-refractivity contribution in [2.75, 3.05) is 19.1 Å². The van der Waals surface area contributed by atoms with Crippen LogP contribution in [0.3, 0.4) is 0 Å². The molecule has 5 N–H and O–H groups in total. The van der Waals surface area contributed by atoms with Gasteiger partial charge in [0, 0.05) is 12.0 Å². The van der Waals surface area contributed by atoms with E-state index in [1.807, 2.05) is 47.8 Å². The largest absolute Gasteiger partial charge is 0.496 e. The van der Waals surface area contributed by atoms with E-state index in [9.17, 15) is 24.3 Å². The van der Waals surface area contributed by atoms with Gasteiger partial charge in [-0.15, -0.1) is 0 Å². The van der Waals surface area contributed by atoms with E-state index in [2.05, 4.69) is 21.3 Å². The minimum absolute atomic E-state index is 0.0574. The molecule has 0 saturated heterocycles. The molecule has 0 aromatic heterocycles. The number of benzene rings is 1. The summed E-state index contributed by atoms with van der Waals surface area (Å²) >= 11 is 1.56. The number of hydrogen-bond acceptors (Lipinski definition) is 7. The van der Waals surface area contributed by atoms with E-state index in [-0.39, 0.29) is 36.1 Å². The normalized spacial score (nSPS) is 14.9. The fraction of sp³-hybridized carbons (Fsp3) is 0.688. The second kappa shape index (κ2) is 19.5. The van der Waals surface area contributed by atoms with Crippen LogP contribution in [0, 0.1) is 17.8 Å². The van der Waals surface area contributed by atoms with Gasteiger partial charge in [-0.3, -0.25) is 19.2 Å². The van der Waals surface area contributed by atoms with Crippen LogP contribution in [0.2, 0.25) is 0 Å². The van der Waals surface area contributed by atoms with Crippen molar-refractivity contribution in [3.63, 3.8) is 0 Å².